The lowest BCUT2D eigenvalue weighted by Crippen LogP contribution is -2.37. The summed E-state index contributed by atoms with van der Waals surface area (Å²) in [5.74, 6) is 0.314. The van der Waals surface area contributed by atoms with Crippen LogP contribution in [0, 0.1) is 0 Å². The number of thiazole rings is 1. The Labute approximate surface area is 228 Å². The third kappa shape index (κ3) is 7.07. The number of ether oxygens (including phenoxy) is 3. The molecule has 1 aromatic carbocycles. The second kappa shape index (κ2) is 11.6. The Morgan fingerprint density at radius 3 is 2.46 bits per heavy atom. The summed E-state index contributed by atoms with van der Waals surface area (Å²) in [5.41, 5.74) is 0.246. The van der Waals surface area contributed by atoms with E-state index < -0.39 is 29.4 Å². The Morgan fingerprint density at radius 2 is 1.85 bits per heavy atom. The van der Waals surface area contributed by atoms with Crippen molar-refractivity contribution in [3.8, 4) is 10.4 Å². The van der Waals surface area contributed by atoms with Crippen molar-refractivity contribution in [2.24, 2.45) is 0 Å². The maximum absolute atomic E-state index is 13.1. The summed E-state index contributed by atoms with van der Waals surface area (Å²) in [4.78, 5) is 16.9. The number of benzene rings is 1. The van der Waals surface area contributed by atoms with Gasteiger partial charge in [0, 0.05) is 6.42 Å². The molecule has 0 saturated heterocycles. The van der Waals surface area contributed by atoms with E-state index in [4.69, 9.17) is 19.2 Å². The molecule has 2 aliphatic rings. The Morgan fingerprint density at radius 1 is 1.10 bits per heavy atom. The number of carboxylic acid groups (broad SMARTS) is 1. The van der Waals surface area contributed by atoms with Crippen LogP contribution in [-0.2, 0) is 31.8 Å². The van der Waals surface area contributed by atoms with Gasteiger partial charge in [-0.1, -0.05) is 30.4 Å². The Balaban J connectivity index is 1.55. The number of aliphatic carboxylic acids is 1. The zero-order valence-corrected chi connectivity index (χ0v) is 22.4. The number of hydrogen-bond donors (Lipinski definition) is 1. The number of nitrogens with zero attached hydrogens (tertiary/aromatic N) is 1. The lowest BCUT2D eigenvalue weighted by molar-refractivity contribution is -0.163. The van der Waals surface area contributed by atoms with Crippen molar-refractivity contribution in [2.75, 3.05) is 7.11 Å². The number of halogens is 3. The highest BCUT2D eigenvalue weighted by Crippen LogP contribution is 2.39. The standard InChI is InChI=1S/C29H28F3NO5S/c1-28(2,27(34)35)38-23-6-4-5-22(15-16-23)37-17-24-33-25(18-9-13-21(36-3)14-10-18)26(39-24)19-7-11-20(12-8-19)29(30,31)32/h4-9,11-13,15-16,23H,10,14,17H2,1-3H3,(H,34,35). The number of alkyl halides is 3. The van der Waals surface area contributed by atoms with Crippen LogP contribution in [0.15, 0.2) is 78.3 Å². The molecule has 0 aliphatic heterocycles. The molecule has 0 bridgehead atoms. The van der Waals surface area contributed by atoms with E-state index in [1.54, 1.807) is 37.5 Å². The van der Waals surface area contributed by atoms with E-state index in [1.807, 2.05) is 12.2 Å². The Bertz CT molecular complexity index is 1360. The van der Waals surface area contributed by atoms with Crippen LogP contribution in [0.2, 0.25) is 0 Å². The molecule has 1 atom stereocenters. The summed E-state index contributed by atoms with van der Waals surface area (Å²) < 4.78 is 56.3. The second-order valence-corrected chi connectivity index (χ2v) is 10.5. The number of methoxy groups -OCH3 is 1. The maximum atomic E-state index is 13.1. The molecule has 1 aromatic heterocycles. The van der Waals surface area contributed by atoms with Crippen molar-refractivity contribution < 1.29 is 37.3 Å². The van der Waals surface area contributed by atoms with E-state index in [1.165, 1.54) is 37.3 Å². The van der Waals surface area contributed by atoms with Crippen molar-refractivity contribution in [2.45, 2.75) is 51.2 Å². The lowest BCUT2D eigenvalue weighted by Gasteiger charge is -2.23. The van der Waals surface area contributed by atoms with Crippen LogP contribution < -0.4 is 0 Å². The number of aromatic nitrogens is 1. The Kier molecular flexibility index (Phi) is 8.46. The molecular weight excluding hydrogens is 531 g/mol. The second-order valence-electron chi connectivity index (χ2n) is 9.39. The van der Waals surface area contributed by atoms with E-state index in [9.17, 15) is 23.1 Å². The number of rotatable bonds is 9. The highest BCUT2D eigenvalue weighted by Gasteiger charge is 2.31. The first kappa shape index (κ1) is 28.4. The number of hydrogen-bond acceptors (Lipinski definition) is 6. The maximum Gasteiger partial charge on any atom is 0.416 e. The average molecular weight is 560 g/mol. The van der Waals surface area contributed by atoms with Gasteiger partial charge in [0.1, 0.15) is 17.4 Å². The van der Waals surface area contributed by atoms with Crippen molar-refractivity contribution in [3.05, 3.63) is 94.6 Å². The molecule has 2 aliphatic carbocycles. The SMILES string of the molecule is COC1=CC=C(c2nc(COC3=CC=CC(OC(C)(C)C(=O)O)C=C3)sc2-c2ccc(C(F)(F)F)cc2)CC1. The minimum atomic E-state index is -4.41. The average Bonchev–Trinajstić information content (AvgIpc) is 3.21. The predicted octanol–water partition coefficient (Wildman–Crippen LogP) is 7.31. The minimum absolute atomic E-state index is 0.140. The van der Waals surface area contributed by atoms with Crippen molar-refractivity contribution >= 4 is 22.9 Å². The molecular formula is C29H28F3NO5S. The van der Waals surface area contributed by atoms with E-state index in [2.05, 4.69) is 0 Å². The molecule has 1 N–H and O–H groups in total. The van der Waals surface area contributed by atoms with Gasteiger partial charge in [0.2, 0.25) is 0 Å². The van der Waals surface area contributed by atoms with E-state index >= 15 is 0 Å². The molecule has 1 heterocycles. The van der Waals surface area contributed by atoms with E-state index in [0.717, 1.165) is 28.3 Å². The van der Waals surface area contributed by atoms with Gasteiger partial charge in [0.25, 0.3) is 0 Å². The van der Waals surface area contributed by atoms with Gasteiger partial charge in [-0.15, -0.1) is 11.3 Å². The first-order valence-electron chi connectivity index (χ1n) is 12.2. The van der Waals surface area contributed by atoms with Crippen molar-refractivity contribution in [3.63, 3.8) is 0 Å². The number of carbonyl (C=O) groups is 1. The highest BCUT2D eigenvalue weighted by molar-refractivity contribution is 7.15. The molecule has 206 valence electrons. The van der Waals surface area contributed by atoms with Crippen LogP contribution in [0.3, 0.4) is 0 Å². The summed E-state index contributed by atoms with van der Waals surface area (Å²) in [7, 11) is 1.61. The summed E-state index contributed by atoms with van der Waals surface area (Å²) in [6.45, 7) is 3.10. The highest BCUT2D eigenvalue weighted by atomic mass is 32.1. The Hall–Kier alpha value is -3.63. The molecule has 0 spiro atoms. The molecule has 0 radical (unpaired) electrons. The third-order valence-electron chi connectivity index (χ3n) is 6.14. The summed E-state index contributed by atoms with van der Waals surface area (Å²) >= 11 is 1.36. The van der Waals surface area contributed by atoms with E-state index in [0.29, 0.717) is 34.9 Å². The topological polar surface area (TPSA) is 77.9 Å². The molecule has 2 aromatic rings. The first-order chi connectivity index (χ1) is 18.5. The first-order valence-corrected chi connectivity index (χ1v) is 13.0. The van der Waals surface area contributed by atoms with Crippen LogP contribution in [0.4, 0.5) is 13.2 Å². The van der Waals surface area contributed by atoms with Crippen LogP contribution in [0.25, 0.3) is 16.0 Å². The van der Waals surface area contributed by atoms with Gasteiger partial charge in [-0.05, 0) is 67.8 Å². The van der Waals surface area contributed by atoms with Crippen LogP contribution in [-0.4, -0.2) is 34.9 Å². The molecule has 1 unspecified atom stereocenters. The smallest absolute Gasteiger partial charge is 0.416 e. The molecule has 39 heavy (non-hydrogen) atoms. The number of carboxylic acids is 1. The molecule has 0 saturated carbocycles. The van der Waals surface area contributed by atoms with E-state index in [-0.39, 0.29) is 6.61 Å². The van der Waals surface area contributed by atoms with Gasteiger partial charge >= 0.3 is 12.1 Å². The van der Waals surface area contributed by atoms with Crippen LogP contribution in [0.5, 0.6) is 0 Å². The minimum Gasteiger partial charge on any atom is -0.501 e. The fourth-order valence-corrected chi connectivity index (χ4v) is 4.93. The largest absolute Gasteiger partial charge is 0.501 e. The molecule has 0 fully saturated rings. The molecule has 6 nitrogen and oxygen atoms in total. The zero-order chi connectivity index (χ0) is 28.2. The summed E-state index contributed by atoms with van der Waals surface area (Å²) in [5, 5.41) is 9.96. The molecule has 4 rings (SSSR count). The fraction of sp³-hybridized carbons (Fsp3) is 0.310. The summed E-state index contributed by atoms with van der Waals surface area (Å²) in [6.07, 6.45) is 8.82. The van der Waals surface area contributed by atoms with Gasteiger partial charge in [-0.25, -0.2) is 9.78 Å². The van der Waals surface area contributed by atoms with Gasteiger partial charge in [-0.2, -0.15) is 13.2 Å². The van der Waals surface area contributed by atoms with Gasteiger partial charge in [0.15, 0.2) is 5.60 Å². The summed E-state index contributed by atoms with van der Waals surface area (Å²) in [6, 6.07) is 5.07. The van der Waals surface area contributed by atoms with Crippen molar-refractivity contribution in [1.29, 1.82) is 0 Å². The number of allylic oxidation sites excluding steroid dienone is 7. The normalized spacial score (nSPS) is 17.7. The zero-order valence-electron chi connectivity index (χ0n) is 21.6. The van der Waals surface area contributed by atoms with Crippen LogP contribution in [0.1, 0.15) is 43.0 Å². The molecule has 10 heteroatoms. The van der Waals surface area contributed by atoms with Gasteiger partial charge in [-0.3, -0.25) is 0 Å². The van der Waals surface area contributed by atoms with Gasteiger partial charge in [0.05, 0.1) is 35.1 Å². The fourth-order valence-electron chi connectivity index (χ4n) is 3.92. The third-order valence-corrected chi connectivity index (χ3v) is 7.22. The predicted molar refractivity (Wildman–Crippen MR) is 143 cm³/mol. The quantitative estimate of drug-likeness (QED) is 0.347. The lowest BCUT2D eigenvalue weighted by atomic mass is 9.98. The van der Waals surface area contributed by atoms with Crippen LogP contribution >= 0.6 is 11.3 Å². The van der Waals surface area contributed by atoms with Crippen molar-refractivity contribution in [1.82, 2.24) is 4.98 Å². The van der Waals surface area contributed by atoms with Gasteiger partial charge < -0.3 is 19.3 Å². The monoisotopic (exact) mass is 559 g/mol. The molecule has 0 amide bonds.